The van der Waals surface area contributed by atoms with Crippen molar-refractivity contribution in [3.8, 4) is 0 Å². The number of nitrogens with zero attached hydrogens (tertiary/aromatic N) is 2. The first kappa shape index (κ1) is 18.8. The van der Waals surface area contributed by atoms with E-state index in [1.807, 2.05) is 6.92 Å². The molecule has 2 aliphatic rings. The van der Waals surface area contributed by atoms with E-state index in [4.69, 9.17) is 0 Å². The van der Waals surface area contributed by atoms with Crippen LogP contribution in [0.25, 0.3) is 0 Å². The van der Waals surface area contributed by atoms with Crippen molar-refractivity contribution in [3.05, 3.63) is 24.3 Å². The molecule has 1 aromatic carbocycles. The molecule has 1 heterocycles. The van der Waals surface area contributed by atoms with Gasteiger partial charge in [0.25, 0.3) is 0 Å². The zero-order valence-corrected chi connectivity index (χ0v) is 16.1. The van der Waals surface area contributed by atoms with Gasteiger partial charge in [-0.05, 0) is 44.0 Å². The van der Waals surface area contributed by atoms with Gasteiger partial charge in [0.1, 0.15) is 0 Å². The van der Waals surface area contributed by atoms with Crippen LogP contribution in [0.5, 0.6) is 0 Å². The second-order valence-electron chi connectivity index (χ2n) is 6.89. The predicted octanol–water partition coefficient (Wildman–Crippen LogP) is 1.24. The SMILES string of the molecule is C[C@H](C(=O)NC1CC1)N1CCN(C(=O)Nc2ccc([S@](C)=O)cc2)CC1. The number of anilines is 1. The van der Waals surface area contributed by atoms with Gasteiger partial charge in [0.2, 0.25) is 5.91 Å². The van der Waals surface area contributed by atoms with E-state index >= 15 is 0 Å². The third-order valence-corrected chi connectivity index (χ3v) is 5.83. The molecule has 2 fully saturated rings. The Hall–Kier alpha value is -1.93. The Morgan fingerprint density at radius 3 is 2.27 bits per heavy atom. The molecule has 2 N–H and O–H groups in total. The number of hydrogen-bond donors (Lipinski definition) is 2. The summed E-state index contributed by atoms with van der Waals surface area (Å²) in [6.45, 7) is 4.46. The lowest BCUT2D eigenvalue weighted by atomic mass is 10.2. The van der Waals surface area contributed by atoms with Gasteiger partial charge in [-0.1, -0.05) is 0 Å². The average molecular weight is 378 g/mol. The lowest BCUT2D eigenvalue weighted by Crippen LogP contribution is -2.55. The molecular formula is C18H26N4O3S. The summed E-state index contributed by atoms with van der Waals surface area (Å²) >= 11 is 0. The monoisotopic (exact) mass is 378 g/mol. The molecule has 1 aliphatic carbocycles. The van der Waals surface area contributed by atoms with Gasteiger partial charge in [0, 0.05) is 59.9 Å². The van der Waals surface area contributed by atoms with Crippen molar-refractivity contribution < 1.29 is 13.8 Å². The van der Waals surface area contributed by atoms with Crippen LogP contribution >= 0.6 is 0 Å². The van der Waals surface area contributed by atoms with Gasteiger partial charge in [0.05, 0.1) is 6.04 Å². The fourth-order valence-corrected chi connectivity index (χ4v) is 3.48. The minimum absolute atomic E-state index is 0.0822. The first-order chi connectivity index (χ1) is 12.4. The molecular weight excluding hydrogens is 352 g/mol. The Morgan fingerprint density at radius 2 is 1.73 bits per heavy atom. The van der Waals surface area contributed by atoms with Crippen LogP contribution in [0.1, 0.15) is 19.8 Å². The quantitative estimate of drug-likeness (QED) is 0.808. The van der Waals surface area contributed by atoms with Crippen LogP contribution in [-0.4, -0.2) is 70.5 Å². The standard InChI is InChI=1S/C18H26N4O3S/c1-13(17(23)19-14-3-4-14)21-9-11-22(12-10-21)18(24)20-15-5-7-16(8-6-15)26(2)25/h5-8,13-14H,3-4,9-12H2,1-2H3,(H,19,23)(H,20,24)/t13-,26+/m1/s1. The summed E-state index contributed by atoms with van der Waals surface area (Å²) in [6, 6.07) is 7.08. The van der Waals surface area contributed by atoms with Gasteiger partial charge in [-0.15, -0.1) is 0 Å². The molecule has 3 rings (SSSR count). The molecule has 1 saturated carbocycles. The van der Waals surface area contributed by atoms with Crippen molar-refractivity contribution in [2.45, 2.75) is 36.7 Å². The summed E-state index contributed by atoms with van der Waals surface area (Å²) in [4.78, 5) is 29.2. The van der Waals surface area contributed by atoms with Gasteiger partial charge >= 0.3 is 6.03 Å². The van der Waals surface area contributed by atoms with Gasteiger partial charge in [-0.3, -0.25) is 13.9 Å². The highest BCUT2D eigenvalue weighted by Gasteiger charge is 2.30. The zero-order chi connectivity index (χ0) is 18.7. The number of rotatable bonds is 5. The molecule has 0 bridgehead atoms. The van der Waals surface area contributed by atoms with Gasteiger partial charge in [-0.25, -0.2) is 4.79 Å². The summed E-state index contributed by atoms with van der Waals surface area (Å²) < 4.78 is 11.4. The van der Waals surface area contributed by atoms with Crippen molar-refractivity contribution in [1.82, 2.24) is 15.1 Å². The Morgan fingerprint density at radius 1 is 1.12 bits per heavy atom. The van der Waals surface area contributed by atoms with Crippen LogP contribution in [0.2, 0.25) is 0 Å². The highest BCUT2D eigenvalue weighted by Crippen LogP contribution is 2.19. The van der Waals surface area contributed by atoms with Crippen LogP contribution < -0.4 is 10.6 Å². The Bertz CT molecular complexity index is 682. The Kier molecular flexibility index (Phi) is 5.93. The third-order valence-electron chi connectivity index (χ3n) is 4.89. The fraction of sp³-hybridized carbons (Fsp3) is 0.556. The number of carbonyl (C=O) groups is 2. The highest BCUT2D eigenvalue weighted by atomic mass is 32.2. The lowest BCUT2D eigenvalue weighted by molar-refractivity contribution is -0.126. The topological polar surface area (TPSA) is 81.8 Å². The first-order valence-electron chi connectivity index (χ1n) is 8.98. The molecule has 0 spiro atoms. The number of nitrogens with one attached hydrogen (secondary N) is 2. The van der Waals surface area contributed by atoms with E-state index in [0.717, 1.165) is 17.7 Å². The largest absolute Gasteiger partial charge is 0.352 e. The smallest absolute Gasteiger partial charge is 0.321 e. The maximum absolute atomic E-state index is 12.4. The molecule has 0 unspecified atom stereocenters. The summed E-state index contributed by atoms with van der Waals surface area (Å²) in [7, 11) is -1.03. The fourth-order valence-electron chi connectivity index (χ4n) is 2.96. The molecule has 1 aromatic rings. The summed E-state index contributed by atoms with van der Waals surface area (Å²) in [5.74, 6) is 0.0822. The Labute approximate surface area is 156 Å². The van der Waals surface area contributed by atoms with E-state index in [1.54, 1.807) is 35.4 Å². The van der Waals surface area contributed by atoms with E-state index in [1.165, 1.54) is 0 Å². The maximum atomic E-state index is 12.4. The molecule has 26 heavy (non-hydrogen) atoms. The molecule has 1 saturated heterocycles. The number of carbonyl (C=O) groups excluding carboxylic acids is 2. The summed E-state index contributed by atoms with van der Waals surface area (Å²) in [5.41, 5.74) is 0.684. The minimum atomic E-state index is -1.03. The second kappa shape index (κ2) is 8.18. The van der Waals surface area contributed by atoms with E-state index in [0.29, 0.717) is 37.9 Å². The molecule has 1 aliphatic heterocycles. The van der Waals surface area contributed by atoms with Crippen molar-refractivity contribution >= 4 is 28.4 Å². The average Bonchev–Trinajstić information content (AvgIpc) is 3.45. The molecule has 2 atom stereocenters. The number of urea groups is 1. The maximum Gasteiger partial charge on any atom is 0.321 e. The van der Waals surface area contributed by atoms with Crippen LogP contribution in [0.4, 0.5) is 10.5 Å². The van der Waals surface area contributed by atoms with E-state index < -0.39 is 10.8 Å². The normalized spacial score (nSPS) is 20.3. The van der Waals surface area contributed by atoms with Crippen LogP contribution in [-0.2, 0) is 15.6 Å². The molecule has 8 heteroatoms. The number of amides is 3. The van der Waals surface area contributed by atoms with Crippen molar-refractivity contribution in [2.75, 3.05) is 37.8 Å². The predicted molar refractivity (Wildman–Crippen MR) is 102 cm³/mol. The number of benzene rings is 1. The van der Waals surface area contributed by atoms with Gasteiger partial charge in [0.15, 0.2) is 0 Å². The van der Waals surface area contributed by atoms with E-state index in [-0.39, 0.29) is 18.0 Å². The summed E-state index contributed by atoms with van der Waals surface area (Å²) in [6.07, 6.45) is 3.79. The lowest BCUT2D eigenvalue weighted by Gasteiger charge is -2.37. The third kappa shape index (κ3) is 4.82. The molecule has 7 nitrogen and oxygen atoms in total. The van der Waals surface area contributed by atoms with Crippen LogP contribution in [0, 0.1) is 0 Å². The number of piperazine rings is 1. The van der Waals surface area contributed by atoms with Crippen LogP contribution in [0.15, 0.2) is 29.2 Å². The van der Waals surface area contributed by atoms with Crippen molar-refractivity contribution in [2.24, 2.45) is 0 Å². The first-order valence-corrected chi connectivity index (χ1v) is 10.5. The Balaban J connectivity index is 1.46. The van der Waals surface area contributed by atoms with Crippen LogP contribution in [0.3, 0.4) is 0 Å². The van der Waals surface area contributed by atoms with E-state index in [2.05, 4.69) is 15.5 Å². The van der Waals surface area contributed by atoms with E-state index in [9.17, 15) is 13.8 Å². The van der Waals surface area contributed by atoms with Gasteiger partial charge < -0.3 is 15.5 Å². The molecule has 3 amide bonds. The molecule has 142 valence electrons. The van der Waals surface area contributed by atoms with Crippen molar-refractivity contribution in [3.63, 3.8) is 0 Å². The second-order valence-corrected chi connectivity index (χ2v) is 8.27. The zero-order valence-electron chi connectivity index (χ0n) is 15.2. The summed E-state index contributed by atoms with van der Waals surface area (Å²) in [5, 5.41) is 5.90. The van der Waals surface area contributed by atoms with Crippen molar-refractivity contribution in [1.29, 1.82) is 0 Å². The van der Waals surface area contributed by atoms with Gasteiger partial charge in [-0.2, -0.15) is 0 Å². The minimum Gasteiger partial charge on any atom is -0.352 e. The molecule has 0 aromatic heterocycles. The number of hydrogen-bond acceptors (Lipinski definition) is 4. The highest BCUT2D eigenvalue weighted by molar-refractivity contribution is 7.84. The molecule has 0 radical (unpaired) electrons.